The highest BCUT2D eigenvalue weighted by Crippen LogP contribution is 2.26. The number of hydrogen-bond acceptors (Lipinski definition) is 6. The average molecular weight is 457 g/mol. The SMILES string of the molecule is C#Cc1ccccc1C(C(=O)NC(C)(C)C)N(CC#N)C(=O)C(CO)NC(=O)OC(C)(C)C. The molecule has 9 heteroatoms. The van der Waals surface area contributed by atoms with Gasteiger partial charge >= 0.3 is 6.09 Å². The second-order valence-electron chi connectivity index (χ2n) is 9.38. The predicted molar refractivity (Wildman–Crippen MR) is 123 cm³/mol. The highest BCUT2D eigenvalue weighted by Gasteiger charge is 2.38. The minimum atomic E-state index is -1.45. The zero-order valence-electron chi connectivity index (χ0n) is 19.9. The van der Waals surface area contributed by atoms with Crippen molar-refractivity contribution in [1.29, 1.82) is 5.26 Å². The van der Waals surface area contributed by atoms with Crippen LogP contribution in [-0.4, -0.2) is 58.2 Å². The molecule has 0 aliphatic rings. The molecule has 0 radical (unpaired) electrons. The van der Waals surface area contributed by atoms with Gasteiger partial charge in [-0.3, -0.25) is 9.59 Å². The van der Waals surface area contributed by atoms with Gasteiger partial charge in [0.15, 0.2) is 0 Å². The van der Waals surface area contributed by atoms with Gasteiger partial charge in [0.25, 0.3) is 0 Å². The summed E-state index contributed by atoms with van der Waals surface area (Å²) >= 11 is 0. The first-order chi connectivity index (χ1) is 15.2. The van der Waals surface area contributed by atoms with E-state index >= 15 is 0 Å². The van der Waals surface area contributed by atoms with Crippen molar-refractivity contribution in [3.05, 3.63) is 35.4 Å². The summed E-state index contributed by atoms with van der Waals surface area (Å²) in [5, 5.41) is 24.3. The molecule has 0 bridgehead atoms. The summed E-state index contributed by atoms with van der Waals surface area (Å²) in [5.74, 6) is 1.08. The van der Waals surface area contributed by atoms with Crippen LogP contribution >= 0.6 is 0 Å². The van der Waals surface area contributed by atoms with Crippen molar-refractivity contribution >= 4 is 17.9 Å². The van der Waals surface area contributed by atoms with Crippen LogP contribution in [0.2, 0.25) is 0 Å². The fourth-order valence-corrected chi connectivity index (χ4v) is 2.96. The molecular formula is C24H32N4O5. The van der Waals surface area contributed by atoms with Crippen LogP contribution in [0.3, 0.4) is 0 Å². The summed E-state index contributed by atoms with van der Waals surface area (Å²) in [6.07, 6.45) is 4.69. The summed E-state index contributed by atoms with van der Waals surface area (Å²) < 4.78 is 5.15. The molecule has 1 aromatic rings. The maximum atomic E-state index is 13.4. The van der Waals surface area contributed by atoms with Gasteiger partial charge < -0.3 is 25.4 Å². The molecule has 0 heterocycles. The molecule has 1 aromatic carbocycles. The van der Waals surface area contributed by atoms with Crippen molar-refractivity contribution in [3.63, 3.8) is 0 Å². The third-order valence-corrected chi connectivity index (χ3v) is 4.16. The topological polar surface area (TPSA) is 132 Å². The molecule has 0 aliphatic heterocycles. The molecular weight excluding hydrogens is 424 g/mol. The third-order valence-electron chi connectivity index (χ3n) is 4.16. The lowest BCUT2D eigenvalue weighted by atomic mass is 9.96. The van der Waals surface area contributed by atoms with Crippen LogP contribution in [0.25, 0.3) is 0 Å². The molecule has 0 aliphatic carbocycles. The Bertz CT molecular complexity index is 947. The Morgan fingerprint density at radius 1 is 1.18 bits per heavy atom. The minimum absolute atomic E-state index is 0.333. The Kier molecular flexibility index (Phi) is 9.45. The van der Waals surface area contributed by atoms with Crippen molar-refractivity contribution < 1.29 is 24.2 Å². The van der Waals surface area contributed by atoms with Crippen molar-refractivity contribution in [2.75, 3.05) is 13.2 Å². The number of carbonyl (C=O) groups excluding carboxylic acids is 3. The van der Waals surface area contributed by atoms with Gasteiger partial charge in [0, 0.05) is 11.1 Å². The molecule has 0 spiro atoms. The highest BCUT2D eigenvalue weighted by atomic mass is 16.6. The van der Waals surface area contributed by atoms with Crippen LogP contribution in [0, 0.1) is 23.7 Å². The molecule has 9 nitrogen and oxygen atoms in total. The monoisotopic (exact) mass is 456 g/mol. The first kappa shape index (κ1) is 27.5. The molecule has 1 rings (SSSR count). The quantitative estimate of drug-likeness (QED) is 0.424. The first-order valence-corrected chi connectivity index (χ1v) is 10.4. The van der Waals surface area contributed by atoms with E-state index in [2.05, 4.69) is 16.6 Å². The van der Waals surface area contributed by atoms with Crippen LogP contribution < -0.4 is 10.6 Å². The van der Waals surface area contributed by atoms with E-state index in [-0.39, 0.29) is 0 Å². The Balaban J connectivity index is 3.47. The van der Waals surface area contributed by atoms with E-state index in [1.807, 2.05) is 6.07 Å². The number of nitrogens with one attached hydrogen (secondary N) is 2. The second kappa shape index (κ2) is 11.3. The predicted octanol–water partition coefficient (Wildman–Crippen LogP) is 1.86. The number of nitriles is 1. The van der Waals surface area contributed by atoms with Gasteiger partial charge in [-0.25, -0.2) is 4.79 Å². The number of ether oxygens (including phenoxy) is 1. The Labute approximate surface area is 195 Å². The molecule has 178 valence electrons. The fourth-order valence-electron chi connectivity index (χ4n) is 2.96. The zero-order valence-corrected chi connectivity index (χ0v) is 19.9. The zero-order chi connectivity index (χ0) is 25.4. The van der Waals surface area contributed by atoms with Crippen LogP contribution in [0.4, 0.5) is 4.79 Å². The number of nitrogens with zero attached hydrogens (tertiary/aromatic N) is 2. The number of aliphatic hydroxyl groups is 1. The maximum Gasteiger partial charge on any atom is 0.408 e. The summed E-state index contributed by atoms with van der Waals surface area (Å²) in [7, 11) is 0. The van der Waals surface area contributed by atoms with Gasteiger partial charge in [-0.1, -0.05) is 24.1 Å². The Morgan fingerprint density at radius 2 is 1.79 bits per heavy atom. The summed E-state index contributed by atoms with van der Waals surface area (Å²) in [6, 6.07) is 5.70. The lowest BCUT2D eigenvalue weighted by molar-refractivity contribution is -0.143. The van der Waals surface area contributed by atoms with E-state index in [1.165, 1.54) is 0 Å². The van der Waals surface area contributed by atoms with Crippen LogP contribution in [0.5, 0.6) is 0 Å². The van der Waals surface area contributed by atoms with Gasteiger partial charge in [0.05, 0.1) is 12.7 Å². The molecule has 0 saturated carbocycles. The average Bonchev–Trinajstić information content (AvgIpc) is 2.68. The number of carbonyl (C=O) groups is 3. The number of benzene rings is 1. The first-order valence-electron chi connectivity index (χ1n) is 10.4. The van der Waals surface area contributed by atoms with Crippen LogP contribution in [0.1, 0.15) is 58.7 Å². The number of rotatable bonds is 7. The van der Waals surface area contributed by atoms with Crippen LogP contribution in [-0.2, 0) is 14.3 Å². The van der Waals surface area contributed by atoms with Gasteiger partial charge in [-0.2, -0.15) is 5.26 Å². The van der Waals surface area contributed by atoms with Gasteiger partial charge in [-0.05, 0) is 53.2 Å². The number of terminal acetylenes is 1. The van der Waals surface area contributed by atoms with Crippen molar-refractivity contribution in [1.82, 2.24) is 15.5 Å². The van der Waals surface area contributed by atoms with E-state index in [0.29, 0.717) is 11.1 Å². The molecule has 0 saturated heterocycles. The van der Waals surface area contributed by atoms with E-state index in [4.69, 9.17) is 11.2 Å². The van der Waals surface area contributed by atoms with Crippen molar-refractivity contribution in [2.24, 2.45) is 0 Å². The largest absolute Gasteiger partial charge is 0.444 e. The standard InChI is InChI=1S/C24H32N4O5/c1-8-16-11-9-10-12-17(16)19(20(30)27-23(2,3)4)28(14-13-25)21(31)18(15-29)26-22(32)33-24(5,6)7/h1,9-12,18-19,29H,14-15H2,2-7H3,(H,26,32)(H,27,30). The normalized spacial score (nSPS) is 13.0. The van der Waals surface area contributed by atoms with Gasteiger partial charge in [-0.15, -0.1) is 6.42 Å². The molecule has 0 fully saturated rings. The number of alkyl carbamates (subject to hydrolysis) is 1. The number of hydrogen-bond donors (Lipinski definition) is 3. The number of amides is 3. The summed E-state index contributed by atoms with van der Waals surface area (Å²) in [5.41, 5.74) is -0.782. The third kappa shape index (κ3) is 8.47. The highest BCUT2D eigenvalue weighted by molar-refractivity contribution is 5.93. The van der Waals surface area contributed by atoms with E-state index in [0.717, 1.165) is 4.90 Å². The minimum Gasteiger partial charge on any atom is -0.444 e. The smallest absolute Gasteiger partial charge is 0.408 e. The lowest BCUT2D eigenvalue weighted by Crippen LogP contribution is -2.55. The maximum absolute atomic E-state index is 13.4. The molecule has 0 aromatic heterocycles. The van der Waals surface area contributed by atoms with Gasteiger partial charge in [0.2, 0.25) is 11.8 Å². The van der Waals surface area contributed by atoms with E-state index in [9.17, 15) is 24.8 Å². The van der Waals surface area contributed by atoms with E-state index in [1.54, 1.807) is 65.8 Å². The summed E-state index contributed by atoms with van der Waals surface area (Å²) in [4.78, 5) is 39.8. The second-order valence-corrected chi connectivity index (χ2v) is 9.38. The number of aliphatic hydroxyl groups excluding tert-OH is 1. The van der Waals surface area contributed by atoms with Crippen molar-refractivity contribution in [2.45, 2.75) is 64.8 Å². The lowest BCUT2D eigenvalue weighted by Gasteiger charge is -2.34. The molecule has 33 heavy (non-hydrogen) atoms. The van der Waals surface area contributed by atoms with E-state index < -0.39 is 54.3 Å². The van der Waals surface area contributed by atoms with Crippen molar-refractivity contribution in [3.8, 4) is 18.4 Å². The summed E-state index contributed by atoms with van der Waals surface area (Å²) in [6.45, 7) is 8.98. The molecule has 2 unspecified atom stereocenters. The molecule has 2 atom stereocenters. The van der Waals surface area contributed by atoms with Crippen LogP contribution in [0.15, 0.2) is 24.3 Å². The molecule has 3 amide bonds. The fraction of sp³-hybridized carbons (Fsp3) is 0.500. The Hall–Kier alpha value is -3.56. The Morgan fingerprint density at radius 3 is 2.27 bits per heavy atom. The van der Waals surface area contributed by atoms with Gasteiger partial charge in [0.1, 0.15) is 24.2 Å². The molecule has 3 N–H and O–H groups in total.